The van der Waals surface area contributed by atoms with Crippen LogP contribution in [-0.2, 0) is 17.6 Å². The predicted molar refractivity (Wildman–Crippen MR) is 100 cm³/mol. The van der Waals surface area contributed by atoms with E-state index in [-0.39, 0.29) is 5.91 Å². The third-order valence-electron chi connectivity index (χ3n) is 4.08. The molecule has 0 bridgehead atoms. The van der Waals surface area contributed by atoms with Crippen LogP contribution in [0.4, 0.5) is 0 Å². The van der Waals surface area contributed by atoms with Gasteiger partial charge in [0.15, 0.2) is 11.6 Å². The van der Waals surface area contributed by atoms with Crippen LogP contribution in [-0.4, -0.2) is 37.4 Å². The lowest BCUT2D eigenvalue weighted by molar-refractivity contribution is -0.121. The van der Waals surface area contributed by atoms with Gasteiger partial charge in [-0.2, -0.15) is 9.61 Å². The number of nitrogens with zero attached hydrogens (tertiary/aromatic N) is 5. The number of rotatable bonds is 7. The normalized spacial score (nSPS) is 11.1. The molecule has 0 aliphatic rings. The summed E-state index contributed by atoms with van der Waals surface area (Å²) in [5, 5.41) is 20.2. The van der Waals surface area contributed by atoms with Crippen molar-refractivity contribution in [3.63, 3.8) is 0 Å². The lowest BCUT2D eigenvalue weighted by atomic mass is 10.1. The first-order chi connectivity index (χ1) is 13.2. The molecule has 0 aliphatic heterocycles. The number of carbonyl (C=O) groups excluding carboxylic acids is 1. The van der Waals surface area contributed by atoms with Crippen molar-refractivity contribution in [3.8, 4) is 11.3 Å². The average molecular weight is 382 g/mol. The van der Waals surface area contributed by atoms with Crippen LogP contribution in [0.15, 0.2) is 40.9 Å². The molecule has 0 saturated carbocycles. The zero-order chi connectivity index (χ0) is 18.6. The number of hydrogen-bond donors (Lipinski definition) is 1. The Kier molecular flexibility index (Phi) is 4.93. The highest BCUT2D eigenvalue weighted by molar-refractivity contribution is 7.16. The Balaban J connectivity index is 1.23. The van der Waals surface area contributed by atoms with Crippen molar-refractivity contribution in [2.24, 2.45) is 0 Å². The van der Waals surface area contributed by atoms with Crippen LogP contribution in [0.1, 0.15) is 22.9 Å². The largest absolute Gasteiger partial charge is 0.356 e. The quantitative estimate of drug-likeness (QED) is 0.527. The molecule has 3 aromatic heterocycles. The molecule has 0 aliphatic carbocycles. The molecule has 8 nitrogen and oxygen atoms in total. The van der Waals surface area contributed by atoms with Gasteiger partial charge >= 0.3 is 0 Å². The van der Waals surface area contributed by atoms with Crippen LogP contribution in [0.5, 0.6) is 0 Å². The zero-order valence-corrected chi connectivity index (χ0v) is 15.6. The number of aromatic nitrogens is 5. The van der Waals surface area contributed by atoms with E-state index in [1.54, 1.807) is 4.52 Å². The monoisotopic (exact) mass is 382 g/mol. The number of aryl methyl sites for hydroxylation is 2. The Bertz CT molecular complexity index is 1050. The molecular formula is C18H18N6O2S. The fourth-order valence-electron chi connectivity index (χ4n) is 2.66. The molecule has 0 fully saturated rings. The molecule has 4 aromatic rings. The lowest BCUT2D eigenvalue weighted by Crippen LogP contribution is -2.25. The van der Waals surface area contributed by atoms with Gasteiger partial charge in [-0.15, -0.1) is 10.2 Å². The molecule has 0 atom stereocenters. The van der Waals surface area contributed by atoms with E-state index in [2.05, 4.69) is 25.8 Å². The van der Waals surface area contributed by atoms with E-state index < -0.39 is 0 Å². The molecule has 0 unspecified atom stereocenters. The maximum atomic E-state index is 12.0. The summed E-state index contributed by atoms with van der Waals surface area (Å²) in [4.78, 5) is 12.8. The van der Waals surface area contributed by atoms with Crippen molar-refractivity contribution in [1.82, 2.24) is 30.3 Å². The predicted octanol–water partition coefficient (Wildman–Crippen LogP) is 2.44. The van der Waals surface area contributed by atoms with Crippen molar-refractivity contribution in [2.45, 2.75) is 26.2 Å². The number of nitrogens with one attached hydrogen (secondary N) is 1. The van der Waals surface area contributed by atoms with E-state index in [0.29, 0.717) is 25.8 Å². The topological polar surface area (TPSA) is 98.2 Å². The third kappa shape index (κ3) is 4.03. The minimum Gasteiger partial charge on any atom is -0.356 e. The number of carbonyl (C=O) groups is 1. The van der Waals surface area contributed by atoms with E-state index in [1.165, 1.54) is 11.3 Å². The van der Waals surface area contributed by atoms with Crippen LogP contribution in [0.2, 0.25) is 0 Å². The number of benzene rings is 1. The summed E-state index contributed by atoms with van der Waals surface area (Å²) in [7, 11) is 0. The Morgan fingerprint density at radius 3 is 2.89 bits per heavy atom. The van der Waals surface area contributed by atoms with E-state index >= 15 is 0 Å². The van der Waals surface area contributed by atoms with Gasteiger partial charge in [0.2, 0.25) is 10.9 Å². The van der Waals surface area contributed by atoms with Crippen LogP contribution < -0.4 is 5.32 Å². The second-order valence-electron chi connectivity index (χ2n) is 6.09. The molecule has 1 N–H and O–H groups in total. The molecule has 27 heavy (non-hydrogen) atoms. The van der Waals surface area contributed by atoms with Gasteiger partial charge in [-0.1, -0.05) is 46.8 Å². The molecule has 4 rings (SSSR count). The van der Waals surface area contributed by atoms with Crippen molar-refractivity contribution >= 4 is 22.2 Å². The Labute approximate surface area is 159 Å². The maximum Gasteiger partial charge on any atom is 0.234 e. The molecule has 0 saturated heterocycles. The van der Waals surface area contributed by atoms with E-state index in [4.69, 9.17) is 4.52 Å². The molecular weight excluding hydrogens is 364 g/mol. The summed E-state index contributed by atoms with van der Waals surface area (Å²) in [5.41, 5.74) is 1.80. The smallest absolute Gasteiger partial charge is 0.234 e. The van der Waals surface area contributed by atoms with Gasteiger partial charge in [0.1, 0.15) is 5.01 Å². The Hall–Kier alpha value is -3.07. The SMILES string of the molecule is Cc1nnc2sc(CCC(=O)NCCc3cc(-c4ccccc4)on3)nn12. The number of fused-ring (bicyclic) bond motifs is 1. The van der Waals surface area contributed by atoms with Crippen LogP contribution in [0.25, 0.3) is 16.3 Å². The second kappa shape index (κ2) is 7.67. The Morgan fingerprint density at radius 1 is 1.22 bits per heavy atom. The molecule has 1 amide bonds. The molecule has 138 valence electrons. The maximum absolute atomic E-state index is 12.0. The van der Waals surface area contributed by atoms with Crippen molar-refractivity contribution in [1.29, 1.82) is 0 Å². The standard InChI is InChI=1S/C18H18N6O2S/c1-12-20-21-18-24(12)22-17(27-18)8-7-16(25)19-10-9-14-11-15(26-23-14)13-5-3-2-4-6-13/h2-6,11H,7-10H2,1H3,(H,19,25). The van der Waals surface area contributed by atoms with E-state index in [9.17, 15) is 4.79 Å². The van der Waals surface area contributed by atoms with Gasteiger partial charge < -0.3 is 9.84 Å². The molecule has 1 aromatic carbocycles. The minimum absolute atomic E-state index is 0.00975. The first-order valence-electron chi connectivity index (χ1n) is 8.64. The molecule has 3 heterocycles. The highest BCUT2D eigenvalue weighted by Crippen LogP contribution is 2.19. The van der Waals surface area contributed by atoms with E-state index in [0.717, 1.165) is 32.8 Å². The first kappa shape index (κ1) is 17.3. The summed E-state index contributed by atoms with van der Waals surface area (Å²) in [6, 6.07) is 11.7. The second-order valence-corrected chi connectivity index (χ2v) is 7.13. The van der Waals surface area contributed by atoms with Gasteiger partial charge in [0.25, 0.3) is 0 Å². The third-order valence-corrected chi connectivity index (χ3v) is 5.03. The number of amides is 1. The fraction of sp³-hybridized carbons (Fsp3) is 0.278. The van der Waals surface area contributed by atoms with Gasteiger partial charge in [-0.3, -0.25) is 4.79 Å². The van der Waals surface area contributed by atoms with Gasteiger partial charge in [-0.25, -0.2) is 0 Å². The Morgan fingerprint density at radius 2 is 2.07 bits per heavy atom. The van der Waals surface area contributed by atoms with Crippen molar-refractivity contribution < 1.29 is 9.32 Å². The molecule has 0 spiro atoms. The zero-order valence-electron chi connectivity index (χ0n) is 14.8. The van der Waals surface area contributed by atoms with Crippen molar-refractivity contribution in [2.75, 3.05) is 6.54 Å². The highest BCUT2D eigenvalue weighted by atomic mass is 32.1. The highest BCUT2D eigenvalue weighted by Gasteiger charge is 2.11. The summed E-state index contributed by atoms with van der Waals surface area (Å²) < 4.78 is 7.06. The minimum atomic E-state index is -0.00975. The summed E-state index contributed by atoms with van der Waals surface area (Å²) in [6.45, 7) is 2.37. The summed E-state index contributed by atoms with van der Waals surface area (Å²) in [5.74, 6) is 1.47. The first-order valence-corrected chi connectivity index (χ1v) is 9.46. The van der Waals surface area contributed by atoms with Crippen LogP contribution >= 0.6 is 11.3 Å². The fourth-order valence-corrected chi connectivity index (χ4v) is 3.54. The van der Waals surface area contributed by atoms with Gasteiger partial charge in [0, 0.05) is 37.4 Å². The summed E-state index contributed by atoms with van der Waals surface area (Å²) in [6.07, 6.45) is 1.59. The van der Waals surface area contributed by atoms with Gasteiger partial charge in [0.05, 0.1) is 5.69 Å². The van der Waals surface area contributed by atoms with Crippen LogP contribution in [0, 0.1) is 6.92 Å². The summed E-state index contributed by atoms with van der Waals surface area (Å²) >= 11 is 1.46. The lowest BCUT2D eigenvalue weighted by Gasteiger charge is -2.02. The number of hydrogen-bond acceptors (Lipinski definition) is 7. The van der Waals surface area contributed by atoms with Gasteiger partial charge in [-0.05, 0) is 6.92 Å². The molecule has 0 radical (unpaired) electrons. The van der Waals surface area contributed by atoms with E-state index in [1.807, 2.05) is 43.3 Å². The van der Waals surface area contributed by atoms with Crippen LogP contribution in [0.3, 0.4) is 0 Å². The molecule has 9 heteroatoms. The van der Waals surface area contributed by atoms with Crippen molar-refractivity contribution in [3.05, 3.63) is 52.9 Å². The average Bonchev–Trinajstić information content (AvgIpc) is 3.39.